The average molecular weight is 588 g/mol. The van der Waals surface area contributed by atoms with Gasteiger partial charge in [0.05, 0.1) is 23.3 Å². The van der Waals surface area contributed by atoms with Crippen molar-refractivity contribution in [2.24, 2.45) is 0 Å². The van der Waals surface area contributed by atoms with Crippen LogP contribution in [0, 0.1) is 0 Å². The Labute approximate surface area is 235 Å². The second kappa shape index (κ2) is 14.3. The average Bonchev–Trinajstić information content (AvgIpc) is 3.56. The van der Waals surface area contributed by atoms with E-state index in [0.29, 0.717) is 23.3 Å². The molecule has 39 heavy (non-hydrogen) atoms. The van der Waals surface area contributed by atoms with Gasteiger partial charge in [-0.2, -0.15) is 13.2 Å². The summed E-state index contributed by atoms with van der Waals surface area (Å²) >= 11 is 2.22. The maximum Gasteiger partial charge on any atom is 0.491 e. The first-order valence-corrected chi connectivity index (χ1v) is 15.0. The number of nitrogens with one attached hydrogen (secondary N) is 1. The zero-order valence-corrected chi connectivity index (χ0v) is 24.2. The summed E-state index contributed by atoms with van der Waals surface area (Å²) in [6.45, 7) is 7.60. The first-order chi connectivity index (χ1) is 18.5. The number of alkyl halides is 3. The topological polar surface area (TPSA) is 97.3 Å². The number of nitrogens with zero attached hydrogens (tertiary/aromatic N) is 4. The molecule has 1 aliphatic heterocycles. The summed E-state index contributed by atoms with van der Waals surface area (Å²) in [5.41, 5.74) is 2.97. The van der Waals surface area contributed by atoms with Gasteiger partial charge in [0.25, 0.3) is 0 Å². The molecule has 3 rings (SSSR count). The van der Waals surface area contributed by atoms with Crippen LogP contribution in [0.5, 0.6) is 0 Å². The van der Waals surface area contributed by atoms with Crippen molar-refractivity contribution in [3.05, 3.63) is 23.0 Å². The summed E-state index contributed by atoms with van der Waals surface area (Å²) in [5, 5.41) is 5.10. The molecule has 0 aromatic carbocycles. The molecule has 3 heterocycles. The Morgan fingerprint density at radius 3 is 2.49 bits per heavy atom. The maximum atomic E-state index is 12.4. The molecule has 0 radical (unpaired) electrons. The molecule has 1 aliphatic rings. The fourth-order valence-electron chi connectivity index (χ4n) is 4.08. The number of thioether (sulfide) groups is 1. The van der Waals surface area contributed by atoms with Crippen molar-refractivity contribution in [1.29, 1.82) is 0 Å². The molecule has 0 amide bonds. The molecular formula is C26H36F3N5O3S2. The second-order valence-corrected chi connectivity index (χ2v) is 12.7. The van der Waals surface area contributed by atoms with Crippen LogP contribution in [0.25, 0.3) is 0 Å². The molecule has 0 spiro atoms. The van der Waals surface area contributed by atoms with Crippen LogP contribution in [0.1, 0.15) is 77.1 Å². The maximum absolute atomic E-state index is 12.4. The number of carbonyl (C=O) groups excluding carboxylic acids is 2. The predicted octanol–water partition coefficient (Wildman–Crippen LogP) is 6.20. The first-order valence-electron chi connectivity index (χ1n) is 13.3. The molecule has 8 nitrogen and oxygen atoms in total. The fourth-order valence-corrected chi connectivity index (χ4v) is 6.34. The molecule has 0 saturated carbocycles. The minimum atomic E-state index is -5.23. The molecule has 0 aliphatic carbocycles. The Morgan fingerprint density at radius 2 is 1.79 bits per heavy atom. The number of aromatic nitrogens is 3. The molecule has 0 bridgehead atoms. The van der Waals surface area contributed by atoms with Gasteiger partial charge in [-0.1, -0.05) is 44.4 Å². The van der Waals surface area contributed by atoms with Gasteiger partial charge in [0.2, 0.25) is 5.95 Å². The fraction of sp³-hybridized carbons (Fsp3) is 0.654. The normalized spacial score (nSPS) is 14.1. The van der Waals surface area contributed by atoms with E-state index in [2.05, 4.69) is 31.8 Å². The summed E-state index contributed by atoms with van der Waals surface area (Å²) < 4.78 is 40.3. The largest absolute Gasteiger partial charge is 0.491 e. The van der Waals surface area contributed by atoms with Crippen LogP contribution in [-0.2, 0) is 27.2 Å². The van der Waals surface area contributed by atoms with Crippen LogP contribution in [0.15, 0.2) is 15.9 Å². The van der Waals surface area contributed by atoms with E-state index < -0.39 is 22.9 Å². The van der Waals surface area contributed by atoms with Crippen LogP contribution < -0.4 is 10.2 Å². The van der Waals surface area contributed by atoms with Crippen molar-refractivity contribution in [2.75, 3.05) is 29.9 Å². The Hall–Kier alpha value is -2.41. The predicted molar refractivity (Wildman–Crippen MR) is 147 cm³/mol. The van der Waals surface area contributed by atoms with Crippen molar-refractivity contribution in [1.82, 2.24) is 15.0 Å². The quantitative estimate of drug-likeness (QED) is 0.120. The molecular weight excluding hydrogens is 551 g/mol. The summed E-state index contributed by atoms with van der Waals surface area (Å²) in [4.78, 5) is 39.3. The summed E-state index contributed by atoms with van der Waals surface area (Å²) in [6.07, 6.45) is 6.56. The third-order valence-corrected chi connectivity index (χ3v) is 8.42. The lowest BCUT2D eigenvalue weighted by molar-refractivity contribution is -0.202. The number of halogens is 3. The molecule has 2 aromatic heterocycles. The number of unbranched alkanes of at least 4 members (excludes halogenated alkanes) is 4. The van der Waals surface area contributed by atoms with Crippen molar-refractivity contribution in [3.63, 3.8) is 0 Å². The Kier molecular flexibility index (Phi) is 11.4. The lowest BCUT2D eigenvalue weighted by atomic mass is 10.1. The van der Waals surface area contributed by atoms with E-state index >= 15 is 0 Å². The summed E-state index contributed by atoms with van der Waals surface area (Å²) in [6, 6.07) is 0. The van der Waals surface area contributed by atoms with E-state index in [9.17, 15) is 22.8 Å². The Balaban J connectivity index is 1.54. The van der Waals surface area contributed by atoms with Crippen molar-refractivity contribution >= 4 is 46.7 Å². The molecule has 216 valence electrons. The van der Waals surface area contributed by atoms with Crippen LogP contribution >= 0.6 is 23.1 Å². The van der Waals surface area contributed by atoms with Crippen molar-refractivity contribution < 1.29 is 27.5 Å². The highest BCUT2D eigenvalue weighted by molar-refractivity contribution is 8.03. The van der Waals surface area contributed by atoms with E-state index in [-0.39, 0.29) is 0 Å². The zero-order valence-electron chi connectivity index (χ0n) is 22.6. The number of esters is 2. The summed E-state index contributed by atoms with van der Waals surface area (Å²) in [7, 11) is 0. The molecule has 2 aromatic rings. The highest BCUT2D eigenvalue weighted by Gasteiger charge is 2.45. The molecule has 0 unspecified atom stereocenters. The van der Waals surface area contributed by atoms with Gasteiger partial charge >= 0.3 is 18.1 Å². The Bertz CT molecular complexity index is 1100. The molecule has 13 heteroatoms. The van der Waals surface area contributed by atoms with Gasteiger partial charge in [-0.3, -0.25) is 4.79 Å². The number of rotatable bonds is 14. The number of anilines is 2. The lowest BCUT2D eigenvalue weighted by Crippen LogP contribution is -2.36. The molecule has 1 saturated heterocycles. The number of ether oxygens (including phenoxy) is 1. The third kappa shape index (κ3) is 9.63. The van der Waals surface area contributed by atoms with Crippen LogP contribution in [-0.4, -0.2) is 57.4 Å². The highest BCUT2D eigenvalue weighted by Crippen LogP contribution is 2.36. The van der Waals surface area contributed by atoms with Crippen LogP contribution in [0.4, 0.5) is 24.8 Å². The van der Waals surface area contributed by atoms with Gasteiger partial charge in [0.1, 0.15) is 4.75 Å². The van der Waals surface area contributed by atoms with Crippen molar-refractivity contribution in [3.8, 4) is 0 Å². The van der Waals surface area contributed by atoms with Gasteiger partial charge in [0, 0.05) is 31.4 Å². The molecule has 0 atom stereocenters. The smallest absolute Gasteiger partial charge is 0.385 e. The van der Waals surface area contributed by atoms with Crippen LogP contribution in [0.3, 0.4) is 0 Å². The van der Waals surface area contributed by atoms with E-state index in [0.717, 1.165) is 54.8 Å². The number of thiazole rings is 1. The van der Waals surface area contributed by atoms with Gasteiger partial charge in [0.15, 0.2) is 4.34 Å². The van der Waals surface area contributed by atoms with E-state index in [1.807, 2.05) is 11.6 Å². The molecule has 1 N–H and O–H groups in total. The monoisotopic (exact) mass is 587 g/mol. The number of hydrogen-bond donors (Lipinski definition) is 1. The van der Waals surface area contributed by atoms with Crippen molar-refractivity contribution in [2.45, 2.75) is 93.8 Å². The molecule has 1 fully saturated rings. The minimum Gasteiger partial charge on any atom is -0.385 e. The number of carbonyl (C=O) groups is 2. The van der Waals surface area contributed by atoms with E-state index in [1.165, 1.54) is 63.7 Å². The SMILES string of the molecule is CCCCCCCc1nc(NCCc2csc(SC(C)(C)C(=O)OC(=O)C(F)(F)F)n2)ncc1N1CCCC1. The van der Waals surface area contributed by atoms with Gasteiger partial charge < -0.3 is 15.0 Å². The first kappa shape index (κ1) is 31.1. The summed E-state index contributed by atoms with van der Waals surface area (Å²) in [5.74, 6) is -3.23. The van der Waals surface area contributed by atoms with Gasteiger partial charge in [-0.25, -0.2) is 19.7 Å². The standard InChI is InChI=1S/C26H36F3N5O3S2/c1-4-5-6-7-8-11-19-20(34-14-9-10-15-34)16-31-23(33-19)30-13-12-18-17-38-24(32-18)39-25(2,3)21(35)37-22(36)26(27,28)29/h16-17H,4-15H2,1-3H3,(H,30,31,33). The van der Waals surface area contributed by atoms with E-state index in [4.69, 9.17) is 4.98 Å². The Morgan fingerprint density at radius 1 is 1.08 bits per heavy atom. The zero-order chi connectivity index (χ0) is 28.5. The lowest BCUT2D eigenvalue weighted by Gasteiger charge is -2.21. The van der Waals surface area contributed by atoms with E-state index in [1.54, 1.807) is 0 Å². The van der Waals surface area contributed by atoms with Gasteiger partial charge in [-0.05, 0) is 39.5 Å². The second-order valence-electron chi connectivity index (χ2n) is 9.95. The third-order valence-electron chi connectivity index (χ3n) is 6.26. The number of aryl methyl sites for hydroxylation is 1. The highest BCUT2D eigenvalue weighted by atomic mass is 32.2. The number of hydrogen-bond acceptors (Lipinski definition) is 10. The minimum absolute atomic E-state index is 0.489. The van der Waals surface area contributed by atoms with Crippen LogP contribution in [0.2, 0.25) is 0 Å². The van der Waals surface area contributed by atoms with Gasteiger partial charge in [-0.15, -0.1) is 11.3 Å².